The molecule has 0 amide bonds. The highest BCUT2D eigenvalue weighted by Crippen LogP contribution is 2.36. The molecule has 0 fully saturated rings. The van der Waals surface area contributed by atoms with Crippen LogP contribution >= 0.6 is 11.3 Å². The van der Waals surface area contributed by atoms with Gasteiger partial charge in [-0.2, -0.15) is 5.10 Å². The summed E-state index contributed by atoms with van der Waals surface area (Å²) in [5.74, 6) is -1.08. The number of nitrogens with zero attached hydrogens (tertiary/aromatic N) is 4. The predicted octanol–water partition coefficient (Wildman–Crippen LogP) is 4.72. The molecular formula is C35H29FN4O6S. The summed E-state index contributed by atoms with van der Waals surface area (Å²) in [6.07, 6.45) is 3.53. The number of aromatic nitrogens is 3. The van der Waals surface area contributed by atoms with Crippen LogP contribution in [0.15, 0.2) is 100 Å². The lowest BCUT2D eigenvalue weighted by Gasteiger charge is -2.25. The van der Waals surface area contributed by atoms with E-state index in [4.69, 9.17) is 19.3 Å². The lowest BCUT2D eigenvalue weighted by molar-refractivity contribution is -0.139. The van der Waals surface area contributed by atoms with Crippen LogP contribution in [0.1, 0.15) is 37.9 Å². The highest BCUT2D eigenvalue weighted by Gasteiger charge is 2.34. The van der Waals surface area contributed by atoms with Gasteiger partial charge in [0.2, 0.25) is 0 Å². The first-order chi connectivity index (χ1) is 22.7. The number of allylic oxidation sites excluding steroid dienone is 1. The third kappa shape index (κ3) is 6.15. The Morgan fingerprint density at radius 2 is 1.79 bits per heavy atom. The molecule has 0 N–H and O–H groups in total. The Bertz CT molecular complexity index is 2220. The van der Waals surface area contributed by atoms with Crippen molar-refractivity contribution in [3.05, 3.63) is 127 Å². The van der Waals surface area contributed by atoms with Gasteiger partial charge >= 0.3 is 11.9 Å². The molecule has 0 saturated heterocycles. The second-order valence-electron chi connectivity index (χ2n) is 10.5. The zero-order chi connectivity index (χ0) is 33.2. The van der Waals surface area contributed by atoms with Crippen molar-refractivity contribution in [3.63, 3.8) is 0 Å². The average Bonchev–Trinajstić information content (AvgIpc) is 3.61. The van der Waals surface area contributed by atoms with Gasteiger partial charge in [-0.3, -0.25) is 14.2 Å². The number of methoxy groups -OCH3 is 1. The summed E-state index contributed by atoms with van der Waals surface area (Å²) < 4.78 is 33.5. The topological polar surface area (TPSA) is 114 Å². The van der Waals surface area contributed by atoms with Crippen molar-refractivity contribution in [2.75, 3.05) is 13.7 Å². The fourth-order valence-electron chi connectivity index (χ4n) is 5.38. The summed E-state index contributed by atoms with van der Waals surface area (Å²) in [5, 5.41) is 4.78. The predicted molar refractivity (Wildman–Crippen MR) is 174 cm³/mol. The standard InChI is InChI=1S/C35H29FN4O6S/c1-5-45-34(43)30-20(2)37-35-40(32(30)23-13-16-27(46-21(3)41)28(17-23)44-4)33(42)29(47-35)18-24-19-39(26-9-7-6-8-10-26)38-31(24)22-11-14-25(36)15-12-22/h6-19,32H,5H2,1-4H3/b29-18-/t32-/m1/s1. The molecule has 5 aromatic rings. The van der Waals surface area contributed by atoms with E-state index >= 15 is 0 Å². The van der Waals surface area contributed by atoms with E-state index in [0.29, 0.717) is 37.4 Å². The van der Waals surface area contributed by atoms with Crippen LogP contribution in [0.2, 0.25) is 0 Å². The van der Waals surface area contributed by atoms with Gasteiger partial charge in [-0.15, -0.1) is 0 Å². The van der Waals surface area contributed by atoms with Gasteiger partial charge in [-0.05, 0) is 74.0 Å². The second kappa shape index (κ2) is 13.0. The van der Waals surface area contributed by atoms with Gasteiger partial charge < -0.3 is 14.2 Å². The van der Waals surface area contributed by atoms with E-state index in [9.17, 15) is 18.8 Å². The van der Waals surface area contributed by atoms with Gasteiger partial charge in [0, 0.05) is 24.2 Å². The van der Waals surface area contributed by atoms with Crippen LogP contribution < -0.4 is 24.4 Å². The molecule has 47 heavy (non-hydrogen) atoms. The summed E-state index contributed by atoms with van der Waals surface area (Å²) >= 11 is 1.16. The zero-order valence-corrected chi connectivity index (χ0v) is 26.7. The molecule has 3 aromatic carbocycles. The maximum Gasteiger partial charge on any atom is 0.338 e. The van der Waals surface area contributed by atoms with E-state index < -0.39 is 23.5 Å². The molecule has 0 spiro atoms. The van der Waals surface area contributed by atoms with Crippen molar-refractivity contribution in [3.8, 4) is 28.4 Å². The minimum atomic E-state index is -0.920. The van der Waals surface area contributed by atoms with Gasteiger partial charge in [0.15, 0.2) is 16.3 Å². The second-order valence-corrected chi connectivity index (χ2v) is 11.5. The summed E-state index contributed by atoms with van der Waals surface area (Å²) in [4.78, 5) is 44.3. The Morgan fingerprint density at radius 1 is 1.04 bits per heavy atom. The molecule has 0 aliphatic carbocycles. The van der Waals surface area contributed by atoms with Crippen LogP contribution in [-0.4, -0.2) is 40.0 Å². The van der Waals surface area contributed by atoms with Crippen LogP contribution in [0.5, 0.6) is 11.5 Å². The SMILES string of the molecule is CCOC(=O)C1=C(C)N=c2s/c(=C\c3cn(-c4ccccc4)nc3-c3ccc(F)cc3)c(=O)n2[C@@H]1c1ccc(OC(C)=O)c(OC)c1. The number of ether oxygens (including phenoxy) is 3. The van der Waals surface area contributed by atoms with Crippen molar-refractivity contribution in [1.82, 2.24) is 14.3 Å². The number of thiazole rings is 1. The van der Waals surface area contributed by atoms with Crippen molar-refractivity contribution >= 4 is 29.4 Å². The quantitative estimate of drug-likeness (QED) is 0.176. The van der Waals surface area contributed by atoms with Gasteiger partial charge in [0.05, 0.1) is 41.2 Å². The molecule has 1 aliphatic heterocycles. The maximum atomic E-state index is 14.3. The van der Waals surface area contributed by atoms with E-state index in [2.05, 4.69) is 4.99 Å². The van der Waals surface area contributed by atoms with Crippen molar-refractivity contribution < 1.29 is 28.2 Å². The Balaban J connectivity index is 1.56. The number of halogens is 1. The Hall–Kier alpha value is -5.62. The third-order valence-corrected chi connectivity index (χ3v) is 8.42. The number of para-hydroxylation sites is 1. The molecule has 2 aromatic heterocycles. The van der Waals surface area contributed by atoms with Crippen LogP contribution in [0.25, 0.3) is 23.0 Å². The van der Waals surface area contributed by atoms with Gasteiger partial charge in [-0.25, -0.2) is 18.9 Å². The van der Waals surface area contributed by atoms with Crippen LogP contribution in [-0.2, 0) is 14.3 Å². The Labute approximate surface area is 272 Å². The van der Waals surface area contributed by atoms with E-state index in [0.717, 1.165) is 17.0 Å². The number of esters is 2. The maximum absolute atomic E-state index is 14.3. The number of fused-ring (bicyclic) bond motifs is 1. The number of benzene rings is 3. The first-order valence-electron chi connectivity index (χ1n) is 14.7. The normalized spacial score (nSPS) is 14.4. The summed E-state index contributed by atoms with van der Waals surface area (Å²) in [7, 11) is 1.43. The van der Waals surface area contributed by atoms with E-state index in [-0.39, 0.29) is 29.5 Å². The lowest BCUT2D eigenvalue weighted by atomic mass is 9.95. The number of carbonyl (C=O) groups is 2. The van der Waals surface area contributed by atoms with E-state index in [1.807, 2.05) is 30.3 Å². The van der Waals surface area contributed by atoms with E-state index in [1.54, 1.807) is 61.1 Å². The fraction of sp³-hybridized carbons (Fsp3) is 0.171. The Kier molecular flexibility index (Phi) is 8.68. The van der Waals surface area contributed by atoms with Crippen LogP contribution in [0, 0.1) is 5.82 Å². The molecule has 0 unspecified atom stereocenters. The van der Waals surface area contributed by atoms with Crippen LogP contribution in [0.4, 0.5) is 4.39 Å². The number of hydrogen-bond donors (Lipinski definition) is 0. The van der Waals surface area contributed by atoms with Crippen molar-refractivity contribution in [2.45, 2.75) is 26.8 Å². The third-order valence-electron chi connectivity index (χ3n) is 7.44. The fourth-order valence-corrected chi connectivity index (χ4v) is 6.42. The minimum Gasteiger partial charge on any atom is -0.493 e. The van der Waals surface area contributed by atoms with E-state index in [1.165, 1.54) is 30.7 Å². The molecular weight excluding hydrogens is 623 g/mol. The molecule has 6 rings (SSSR count). The molecule has 10 nitrogen and oxygen atoms in total. The largest absolute Gasteiger partial charge is 0.493 e. The number of rotatable bonds is 8. The first kappa shape index (κ1) is 31.4. The van der Waals surface area contributed by atoms with Crippen LogP contribution in [0.3, 0.4) is 0 Å². The molecule has 12 heteroatoms. The van der Waals surface area contributed by atoms with Gasteiger partial charge in [0.25, 0.3) is 5.56 Å². The molecule has 3 heterocycles. The molecule has 1 atom stereocenters. The lowest BCUT2D eigenvalue weighted by Crippen LogP contribution is -2.40. The summed E-state index contributed by atoms with van der Waals surface area (Å²) in [5.41, 5.74) is 3.35. The molecule has 0 radical (unpaired) electrons. The highest BCUT2D eigenvalue weighted by molar-refractivity contribution is 7.07. The summed E-state index contributed by atoms with van der Waals surface area (Å²) in [6, 6.07) is 19.4. The average molecular weight is 653 g/mol. The zero-order valence-electron chi connectivity index (χ0n) is 25.9. The molecule has 1 aliphatic rings. The number of carbonyl (C=O) groups excluding carboxylic acids is 2. The minimum absolute atomic E-state index is 0.124. The monoisotopic (exact) mass is 652 g/mol. The number of hydrogen-bond acceptors (Lipinski definition) is 9. The smallest absolute Gasteiger partial charge is 0.338 e. The van der Waals surface area contributed by atoms with Gasteiger partial charge in [0.1, 0.15) is 11.5 Å². The molecule has 0 saturated carbocycles. The first-order valence-corrected chi connectivity index (χ1v) is 15.5. The van der Waals surface area contributed by atoms with Crippen molar-refractivity contribution in [2.24, 2.45) is 4.99 Å². The highest BCUT2D eigenvalue weighted by atomic mass is 32.1. The molecule has 0 bridgehead atoms. The summed E-state index contributed by atoms with van der Waals surface area (Å²) in [6.45, 7) is 4.79. The van der Waals surface area contributed by atoms with Gasteiger partial charge in [-0.1, -0.05) is 35.6 Å². The van der Waals surface area contributed by atoms with Crippen molar-refractivity contribution in [1.29, 1.82) is 0 Å². The molecule has 238 valence electrons. The Morgan fingerprint density at radius 3 is 2.47 bits per heavy atom.